The van der Waals surface area contributed by atoms with Crippen molar-refractivity contribution in [1.29, 1.82) is 0 Å². The van der Waals surface area contributed by atoms with Crippen LogP contribution in [0.1, 0.15) is 28.9 Å². The minimum Gasteiger partial charge on any atom is -0.459 e. The molecule has 1 fully saturated rings. The van der Waals surface area contributed by atoms with Crippen molar-refractivity contribution >= 4 is 34.7 Å². The molecule has 176 valence electrons. The van der Waals surface area contributed by atoms with Crippen molar-refractivity contribution in [2.75, 3.05) is 25.5 Å². The number of hydrogen-bond donors (Lipinski definition) is 2. The van der Waals surface area contributed by atoms with Crippen LogP contribution >= 0.6 is 0 Å². The van der Waals surface area contributed by atoms with Crippen molar-refractivity contribution in [3.8, 4) is 0 Å². The number of aliphatic hydroxyl groups excluding tert-OH is 1. The van der Waals surface area contributed by atoms with Crippen molar-refractivity contribution in [3.63, 3.8) is 0 Å². The maximum atomic E-state index is 12.7. The highest BCUT2D eigenvalue weighted by Gasteiger charge is 2.36. The number of hydrogen-bond acceptors (Lipinski definition) is 6. The summed E-state index contributed by atoms with van der Waals surface area (Å²) in [6.07, 6.45) is 5.94. The maximum Gasteiger partial charge on any atom is 0.246 e. The van der Waals surface area contributed by atoms with E-state index < -0.39 is 0 Å². The van der Waals surface area contributed by atoms with Crippen LogP contribution in [0.2, 0.25) is 0 Å². The summed E-state index contributed by atoms with van der Waals surface area (Å²) < 4.78 is 5.93. The van der Waals surface area contributed by atoms with Gasteiger partial charge in [-0.25, -0.2) is 4.98 Å². The SMILES string of the molecule is Cc1c(CN(C)C(=O)/C=C/c2cnc3c(c2)CCC(N2CC(O)C2)C(=O)N3)oc2ccccc12. The lowest BCUT2D eigenvalue weighted by Crippen LogP contribution is -2.58. The molecule has 2 aliphatic heterocycles. The van der Waals surface area contributed by atoms with Crippen LogP contribution in [0.15, 0.2) is 47.0 Å². The fourth-order valence-electron chi connectivity index (χ4n) is 4.60. The summed E-state index contributed by atoms with van der Waals surface area (Å²) in [5.74, 6) is 1.12. The number of aliphatic hydroxyl groups is 1. The van der Waals surface area contributed by atoms with Gasteiger partial charge >= 0.3 is 0 Å². The first kappa shape index (κ1) is 22.3. The van der Waals surface area contributed by atoms with Crippen LogP contribution in [0.25, 0.3) is 17.0 Å². The van der Waals surface area contributed by atoms with Gasteiger partial charge in [0.05, 0.1) is 18.7 Å². The van der Waals surface area contributed by atoms with E-state index >= 15 is 0 Å². The van der Waals surface area contributed by atoms with E-state index in [9.17, 15) is 14.7 Å². The van der Waals surface area contributed by atoms with E-state index in [0.29, 0.717) is 38.3 Å². The lowest BCUT2D eigenvalue weighted by molar-refractivity contribution is -0.126. The number of nitrogens with one attached hydrogen (secondary N) is 1. The molecule has 2 N–H and O–H groups in total. The Bertz CT molecular complexity index is 1280. The second-order valence-corrected chi connectivity index (χ2v) is 9.10. The molecule has 2 amide bonds. The molecule has 0 bridgehead atoms. The number of pyridine rings is 1. The van der Waals surface area contributed by atoms with Crippen LogP contribution in [0.5, 0.6) is 0 Å². The van der Waals surface area contributed by atoms with Gasteiger partial charge in [0.15, 0.2) is 0 Å². The third kappa shape index (κ3) is 4.34. The number of β-amino-alcohol motifs (C(OH)–C–C–N with tert-alkyl or cyclic N) is 1. The number of likely N-dealkylation sites (N-methyl/N-ethyl adjacent to an activating group) is 1. The van der Waals surface area contributed by atoms with Crippen molar-refractivity contribution in [2.45, 2.75) is 38.5 Å². The number of benzene rings is 1. The van der Waals surface area contributed by atoms with Gasteiger partial charge in [-0.1, -0.05) is 18.2 Å². The van der Waals surface area contributed by atoms with Gasteiger partial charge < -0.3 is 19.7 Å². The fraction of sp³-hybridized carbons (Fsp3) is 0.346. The molecular weight excluding hydrogens is 432 g/mol. The van der Waals surface area contributed by atoms with Crippen LogP contribution in [-0.4, -0.2) is 64.0 Å². The highest BCUT2D eigenvalue weighted by molar-refractivity contribution is 5.96. The molecule has 1 unspecified atom stereocenters. The quantitative estimate of drug-likeness (QED) is 0.568. The molecule has 8 nitrogen and oxygen atoms in total. The van der Waals surface area contributed by atoms with E-state index in [0.717, 1.165) is 33.4 Å². The number of carbonyl (C=O) groups is 2. The summed E-state index contributed by atoms with van der Waals surface area (Å²) in [7, 11) is 1.75. The van der Waals surface area contributed by atoms with Crippen molar-refractivity contribution < 1.29 is 19.1 Å². The van der Waals surface area contributed by atoms with Gasteiger partial charge in [0.25, 0.3) is 0 Å². The first-order valence-electron chi connectivity index (χ1n) is 11.5. The number of aryl methyl sites for hydroxylation is 2. The second kappa shape index (κ2) is 9.04. The molecule has 0 radical (unpaired) electrons. The Morgan fingerprint density at radius 2 is 2.15 bits per heavy atom. The number of para-hydroxylation sites is 1. The van der Waals surface area contributed by atoms with E-state index in [-0.39, 0.29) is 24.0 Å². The molecule has 0 spiro atoms. The van der Waals surface area contributed by atoms with Gasteiger partial charge in [0.1, 0.15) is 17.2 Å². The molecule has 0 aliphatic carbocycles. The first-order valence-corrected chi connectivity index (χ1v) is 11.5. The lowest BCUT2D eigenvalue weighted by Gasteiger charge is -2.40. The van der Waals surface area contributed by atoms with Crippen molar-refractivity contribution in [2.24, 2.45) is 0 Å². The van der Waals surface area contributed by atoms with Gasteiger partial charge in [-0.15, -0.1) is 0 Å². The van der Waals surface area contributed by atoms with Crippen LogP contribution in [0.3, 0.4) is 0 Å². The Labute approximate surface area is 197 Å². The van der Waals surface area contributed by atoms with E-state index in [1.807, 2.05) is 42.2 Å². The Kier molecular flexibility index (Phi) is 5.93. The number of likely N-dealkylation sites (tertiary alicyclic amines) is 1. The number of furan rings is 1. The summed E-state index contributed by atoms with van der Waals surface area (Å²) in [6, 6.07) is 9.56. The van der Waals surface area contributed by atoms with Crippen LogP contribution in [0.4, 0.5) is 5.82 Å². The summed E-state index contributed by atoms with van der Waals surface area (Å²) in [6.45, 7) is 3.44. The topological polar surface area (TPSA) is 98.9 Å². The van der Waals surface area contributed by atoms with E-state index in [1.165, 1.54) is 6.08 Å². The molecule has 8 heteroatoms. The molecular formula is C26H28N4O4. The third-order valence-electron chi connectivity index (χ3n) is 6.67. The van der Waals surface area contributed by atoms with Crippen molar-refractivity contribution in [1.82, 2.24) is 14.8 Å². The summed E-state index contributed by atoms with van der Waals surface area (Å²) in [4.78, 5) is 33.3. The van der Waals surface area contributed by atoms with E-state index in [1.54, 1.807) is 24.2 Å². The standard InChI is InChI=1S/C26H28N4O4/c1-16-20-5-3-4-6-22(20)34-23(16)15-29(2)24(32)10-7-17-11-18-8-9-21(30-13-19(31)14-30)26(33)28-25(18)27-12-17/h3-7,10-12,19,21,31H,8-9,13-15H2,1-2H3,(H,27,28,33)/b10-7+. The molecule has 2 aromatic heterocycles. The number of rotatable bonds is 5. The van der Waals surface area contributed by atoms with E-state index in [4.69, 9.17) is 4.42 Å². The fourth-order valence-corrected chi connectivity index (χ4v) is 4.60. The number of anilines is 1. The number of fused-ring (bicyclic) bond motifs is 2. The Balaban J connectivity index is 1.24. The Morgan fingerprint density at radius 3 is 2.91 bits per heavy atom. The number of nitrogens with zero attached hydrogens (tertiary/aromatic N) is 3. The highest BCUT2D eigenvalue weighted by Crippen LogP contribution is 2.27. The molecule has 1 aromatic carbocycles. The lowest BCUT2D eigenvalue weighted by atomic mass is 10.0. The Hall–Kier alpha value is -3.49. The van der Waals surface area contributed by atoms with Gasteiger partial charge in [0, 0.05) is 43.4 Å². The molecule has 1 saturated heterocycles. The Morgan fingerprint density at radius 1 is 1.35 bits per heavy atom. The average Bonchev–Trinajstić information content (AvgIpc) is 3.02. The molecule has 0 saturated carbocycles. The first-order chi connectivity index (χ1) is 16.4. The molecule has 34 heavy (non-hydrogen) atoms. The molecule has 4 heterocycles. The molecule has 2 aliphatic rings. The monoisotopic (exact) mass is 460 g/mol. The number of carbonyl (C=O) groups excluding carboxylic acids is 2. The summed E-state index contributed by atoms with van der Waals surface area (Å²) in [5, 5.41) is 13.5. The smallest absolute Gasteiger partial charge is 0.246 e. The van der Waals surface area contributed by atoms with Crippen LogP contribution in [-0.2, 0) is 22.6 Å². The normalized spacial score (nSPS) is 19.0. The zero-order valence-electron chi connectivity index (χ0n) is 19.3. The maximum absolute atomic E-state index is 12.7. The van der Waals surface area contributed by atoms with Crippen LogP contribution < -0.4 is 5.32 Å². The second-order valence-electron chi connectivity index (χ2n) is 9.10. The summed E-state index contributed by atoms with van der Waals surface area (Å²) in [5.41, 5.74) is 3.61. The zero-order valence-corrected chi connectivity index (χ0v) is 19.3. The number of amides is 2. The van der Waals surface area contributed by atoms with E-state index in [2.05, 4.69) is 10.3 Å². The van der Waals surface area contributed by atoms with Crippen molar-refractivity contribution in [3.05, 3.63) is 65.1 Å². The summed E-state index contributed by atoms with van der Waals surface area (Å²) >= 11 is 0. The number of aromatic nitrogens is 1. The minimum absolute atomic E-state index is 0.0841. The largest absolute Gasteiger partial charge is 0.459 e. The van der Waals surface area contributed by atoms with Crippen LogP contribution in [0, 0.1) is 6.92 Å². The molecule has 1 atom stereocenters. The predicted octanol–water partition coefficient (Wildman–Crippen LogP) is 2.74. The third-order valence-corrected chi connectivity index (χ3v) is 6.67. The minimum atomic E-state index is -0.347. The molecule has 3 aromatic rings. The zero-order chi connectivity index (χ0) is 23.8. The average molecular weight is 461 g/mol. The highest BCUT2D eigenvalue weighted by atomic mass is 16.3. The van der Waals surface area contributed by atoms with Gasteiger partial charge in [-0.3, -0.25) is 14.5 Å². The predicted molar refractivity (Wildman–Crippen MR) is 129 cm³/mol. The van der Waals surface area contributed by atoms with Gasteiger partial charge in [-0.05, 0) is 49.1 Å². The molecule has 5 rings (SSSR count). The van der Waals surface area contributed by atoms with Gasteiger partial charge in [0.2, 0.25) is 11.8 Å². The van der Waals surface area contributed by atoms with Gasteiger partial charge in [-0.2, -0.15) is 0 Å².